The summed E-state index contributed by atoms with van der Waals surface area (Å²) >= 11 is 0. The summed E-state index contributed by atoms with van der Waals surface area (Å²) in [4.78, 5) is 49.1. The van der Waals surface area contributed by atoms with Crippen LogP contribution in [0.4, 0.5) is 11.4 Å². The molecule has 0 N–H and O–H groups in total. The third-order valence-corrected chi connectivity index (χ3v) is 5.12. The fourth-order valence-electron chi connectivity index (χ4n) is 3.39. The van der Waals surface area contributed by atoms with Crippen LogP contribution in [0, 0.1) is 20.2 Å². The van der Waals surface area contributed by atoms with Crippen molar-refractivity contribution in [2.24, 2.45) is 0 Å². The lowest BCUT2D eigenvalue weighted by Crippen LogP contribution is -2.36. The number of nitrogens with zero attached hydrogens (tertiary/aromatic N) is 4. The van der Waals surface area contributed by atoms with Gasteiger partial charge in [0.15, 0.2) is 0 Å². The molecule has 3 rings (SSSR count). The van der Waals surface area contributed by atoms with Crippen molar-refractivity contribution in [1.29, 1.82) is 0 Å². The first-order chi connectivity index (χ1) is 15.8. The van der Waals surface area contributed by atoms with Crippen molar-refractivity contribution in [3.8, 4) is 0 Å². The first kappa shape index (κ1) is 23.3. The van der Waals surface area contributed by atoms with E-state index in [0.717, 1.165) is 0 Å². The fraction of sp³-hybridized carbons (Fsp3) is 0.217. The van der Waals surface area contributed by atoms with Crippen LogP contribution in [-0.4, -0.2) is 57.6 Å². The molecule has 1 aliphatic rings. The van der Waals surface area contributed by atoms with Crippen LogP contribution in [0.3, 0.4) is 0 Å². The maximum atomic E-state index is 12.5. The van der Waals surface area contributed by atoms with Crippen LogP contribution in [0.5, 0.6) is 0 Å². The molecule has 10 heteroatoms. The van der Waals surface area contributed by atoms with Gasteiger partial charge in [0.05, 0.1) is 9.85 Å². The fourth-order valence-corrected chi connectivity index (χ4v) is 3.39. The van der Waals surface area contributed by atoms with Crippen molar-refractivity contribution >= 4 is 35.3 Å². The normalized spacial score (nSPS) is 14.4. The summed E-state index contributed by atoms with van der Waals surface area (Å²) in [6.45, 7) is 1.68. The Kier molecular flexibility index (Phi) is 7.64. The molecule has 0 aliphatic carbocycles. The van der Waals surface area contributed by atoms with Gasteiger partial charge in [-0.1, -0.05) is 24.3 Å². The molecule has 0 unspecified atom stereocenters. The summed E-state index contributed by atoms with van der Waals surface area (Å²) in [5, 5.41) is 21.7. The molecule has 0 aromatic heterocycles. The molecule has 1 saturated heterocycles. The van der Waals surface area contributed by atoms with Gasteiger partial charge in [0.1, 0.15) is 0 Å². The van der Waals surface area contributed by atoms with Gasteiger partial charge in [0.25, 0.3) is 11.4 Å². The molecule has 2 amide bonds. The van der Waals surface area contributed by atoms with Crippen molar-refractivity contribution in [3.63, 3.8) is 0 Å². The number of nitro groups is 2. The predicted octanol–water partition coefficient (Wildman–Crippen LogP) is 3.29. The number of amides is 2. The predicted molar refractivity (Wildman–Crippen MR) is 122 cm³/mol. The van der Waals surface area contributed by atoms with E-state index in [4.69, 9.17) is 0 Å². The molecule has 1 fully saturated rings. The van der Waals surface area contributed by atoms with Gasteiger partial charge in [-0.05, 0) is 29.7 Å². The second-order valence-corrected chi connectivity index (χ2v) is 7.37. The number of nitro benzene ring substituents is 2. The third-order valence-electron chi connectivity index (χ3n) is 5.12. The Morgan fingerprint density at radius 2 is 1.15 bits per heavy atom. The number of carbonyl (C=O) groups excluding carboxylic acids is 2. The highest BCUT2D eigenvalue weighted by Gasteiger charge is 2.20. The lowest BCUT2D eigenvalue weighted by molar-refractivity contribution is -0.385. The molecule has 0 radical (unpaired) electrons. The molecule has 0 spiro atoms. The van der Waals surface area contributed by atoms with Crippen molar-refractivity contribution in [2.45, 2.75) is 6.42 Å². The van der Waals surface area contributed by atoms with E-state index in [1.54, 1.807) is 34.1 Å². The van der Waals surface area contributed by atoms with Crippen LogP contribution in [-0.2, 0) is 9.59 Å². The molecule has 0 bridgehead atoms. The van der Waals surface area contributed by atoms with Crippen molar-refractivity contribution < 1.29 is 19.4 Å². The van der Waals surface area contributed by atoms with Gasteiger partial charge in [-0.15, -0.1) is 0 Å². The van der Waals surface area contributed by atoms with E-state index < -0.39 is 9.85 Å². The van der Waals surface area contributed by atoms with Crippen LogP contribution in [0.2, 0.25) is 0 Å². The van der Waals surface area contributed by atoms with Crippen LogP contribution in [0.25, 0.3) is 12.2 Å². The Balaban J connectivity index is 1.57. The summed E-state index contributed by atoms with van der Waals surface area (Å²) in [5.74, 6) is -0.467. The average molecular weight is 450 g/mol. The summed E-state index contributed by atoms with van der Waals surface area (Å²) in [6.07, 6.45) is 6.42. The maximum Gasteiger partial charge on any atom is 0.270 e. The van der Waals surface area contributed by atoms with E-state index in [9.17, 15) is 29.8 Å². The van der Waals surface area contributed by atoms with E-state index in [0.29, 0.717) is 43.7 Å². The summed E-state index contributed by atoms with van der Waals surface area (Å²) in [5.41, 5.74) is 1.00. The Bertz CT molecular complexity index is 1040. The first-order valence-corrected chi connectivity index (χ1v) is 10.3. The van der Waals surface area contributed by atoms with Crippen LogP contribution in [0.15, 0.2) is 60.7 Å². The zero-order valence-electron chi connectivity index (χ0n) is 17.7. The second kappa shape index (κ2) is 10.8. The highest BCUT2D eigenvalue weighted by molar-refractivity contribution is 5.93. The van der Waals surface area contributed by atoms with Crippen molar-refractivity contribution in [3.05, 3.63) is 92.0 Å². The van der Waals surface area contributed by atoms with Gasteiger partial charge in [-0.2, -0.15) is 0 Å². The van der Waals surface area contributed by atoms with Gasteiger partial charge in [0, 0.05) is 62.6 Å². The van der Waals surface area contributed by atoms with Gasteiger partial charge < -0.3 is 9.80 Å². The second-order valence-electron chi connectivity index (χ2n) is 7.37. The van der Waals surface area contributed by atoms with Crippen LogP contribution < -0.4 is 0 Å². The topological polar surface area (TPSA) is 127 Å². The number of rotatable bonds is 6. The first-order valence-electron chi connectivity index (χ1n) is 10.3. The third kappa shape index (κ3) is 6.57. The van der Waals surface area contributed by atoms with Crippen LogP contribution >= 0.6 is 0 Å². The monoisotopic (exact) mass is 450 g/mol. The van der Waals surface area contributed by atoms with E-state index in [2.05, 4.69) is 0 Å². The minimum atomic E-state index is -0.493. The lowest BCUT2D eigenvalue weighted by Gasteiger charge is -2.20. The van der Waals surface area contributed by atoms with E-state index in [1.807, 2.05) is 0 Å². The highest BCUT2D eigenvalue weighted by Crippen LogP contribution is 2.16. The largest absolute Gasteiger partial charge is 0.337 e. The highest BCUT2D eigenvalue weighted by atomic mass is 16.6. The van der Waals surface area contributed by atoms with Crippen molar-refractivity contribution in [1.82, 2.24) is 9.80 Å². The van der Waals surface area contributed by atoms with Gasteiger partial charge >= 0.3 is 0 Å². The Morgan fingerprint density at radius 1 is 0.727 bits per heavy atom. The molecule has 0 saturated carbocycles. The Morgan fingerprint density at radius 3 is 1.55 bits per heavy atom. The minimum absolute atomic E-state index is 0.0494. The van der Waals surface area contributed by atoms with Gasteiger partial charge in [0.2, 0.25) is 11.8 Å². The van der Waals surface area contributed by atoms with Crippen molar-refractivity contribution in [2.75, 3.05) is 26.2 Å². The smallest absolute Gasteiger partial charge is 0.270 e. The number of hydrogen-bond acceptors (Lipinski definition) is 6. The van der Waals surface area contributed by atoms with E-state index in [-0.39, 0.29) is 23.2 Å². The number of non-ortho nitro benzene ring substituents is 2. The molecule has 10 nitrogen and oxygen atoms in total. The zero-order valence-corrected chi connectivity index (χ0v) is 17.7. The molecular formula is C23H22N4O6. The number of carbonyl (C=O) groups is 2. The Hall–Kier alpha value is -4.34. The number of benzene rings is 2. The van der Waals surface area contributed by atoms with Crippen LogP contribution in [0.1, 0.15) is 17.5 Å². The molecule has 2 aromatic rings. The maximum absolute atomic E-state index is 12.5. The van der Waals surface area contributed by atoms with Gasteiger partial charge in [-0.25, -0.2) is 0 Å². The Labute approximate surface area is 189 Å². The molecular weight excluding hydrogens is 428 g/mol. The standard InChI is InChI=1S/C23H22N4O6/c28-22(10-8-18-4-1-6-20(16-18)26(30)31)24-12-3-13-25(15-14-24)23(29)11-9-19-5-2-7-21(17-19)27(32)33/h1-2,4-11,16-17H,3,12-15H2/b10-8+,11-9+. The molecule has 1 heterocycles. The zero-order chi connectivity index (χ0) is 23.8. The average Bonchev–Trinajstić information content (AvgIpc) is 3.08. The molecule has 170 valence electrons. The summed E-state index contributed by atoms with van der Waals surface area (Å²) in [6, 6.07) is 12.0. The summed E-state index contributed by atoms with van der Waals surface area (Å²) in [7, 11) is 0. The quantitative estimate of drug-likeness (QED) is 0.377. The van der Waals surface area contributed by atoms with Gasteiger partial charge in [-0.3, -0.25) is 29.8 Å². The van der Waals surface area contributed by atoms with E-state index in [1.165, 1.54) is 48.6 Å². The molecule has 0 atom stereocenters. The lowest BCUT2D eigenvalue weighted by atomic mass is 10.2. The summed E-state index contributed by atoms with van der Waals surface area (Å²) < 4.78 is 0. The SMILES string of the molecule is O=C(/C=C/c1cccc([N+](=O)[O-])c1)N1CCCN(C(=O)/C=C/c2cccc([N+](=O)[O-])c2)CC1. The molecule has 33 heavy (non-hydrogen) atoms. The molecule has 2 aromatic carbocycles. The molecule has 1 aliphatic heterocycles. The number of hydrogen-bond donors (Lipinski definition) is 0. The minimum Gasteiger partial charge on any atom is -0.337 e. The van der Waals surface area contributed by atoms with E-state index >= 15 is 0 Å².